The van der Waals surface area contributed by atoms with E-state index in [2.05, 4.69) is 47.3 Å². The number of hydrogen-bond acceptors (Lipinski definition) is 6. The maximum absolute atomic E-state index is 13.4. The summed E-state index contributed by atoms with van der Waals surface area (Å²) in [6.07, 6.45) is 3.56. The number of anilines is 1. The van der Waals surface area contributed by atoms with Gasteiger partial charge in [-0.05, 0) is 53.9 Å². The van der Waals surface area contributed by atoms with E-state index in [1.807, 2.05) is 17.0 Å². The van der Waals surface area contributed by atoms with E-state index in [1.54, 1.807) is 12.1 Å². The molecule has 2 aromatic heterocycles. The summed E-state index contributed by atoms with van der Waals surface area (Å²) < 4.78 is 19.2. The molecule has 3 aromatic carbocycles. The van der Waals surface area contributed by atoms with Crippen LogP contribution in [0.1, 0.15) is 42.4 Å². The van der Waals surface area contributed by atoms with E-state index >= 15 is 0 Å². The molecule has 1 aliphatic rings. The van der Waals surface area contributed by atoms with Crippen LogP contribution in [-0.2, 0) is 6.42 Å². The van der Waals surface area contributed by atoms with Crippen molar-refractivity contribution in [3.63, 3.8) is 0 Å². The summed E-state index contributed by atoms with van der Waals surface area (Å²) in [4.78, 5) is 26.9. The van der Waals surface area contributed by atoms with Gasteiger partial charge >= 0.3 is 0 Å². The van der Waals surface area contributed by atoms with Crippen LogP contribution in [0.4, 0.5) is 10.2 Å². The van der Waals surface area contributed by atoms with Crippen molar-refractivity contribution in [3.8, 4) is 11.3 Å². The van der Waals surface area contributed by atoms with Gasteiger partial charge in [0.15, 0.2) is 0 Å². The molecule has 1 saturated heterocycles. The zero-order chi connectivity index (χ0) is 26.8. The summed E-state index contributed by atoms with van der Waals surface area (Å²) in [7, 11) is 0. The third-order valence-electron chi connectivity index (χ3n) is 7.31. The van der Waals surface area contributed by atoms with Gasteiger partial charge in [0.1, 0.15) is 28.5 Å². The van der Waals surface area contributed by atoms with Crippen molar-refractivity contribution in [2.45, 2.75) is 32.6 Å². The Bertz CT molecular complexity index is 1630. The van der Waals surface area contributed by atoms with Gasteiger partial charge < -0.3 is 14.3 Å². The average Bonchev–Trinajstić information content (AvgIpc) is 3.24. The second kappa shape index (κ2) is 10.8. The van der Waals surface area contributed by atoms with Crippen molar-refractivity contribution in [1.82, 2.24) is 20.0 Å². The average molecular weight is 524 g/mol. The first-order chi connectivity index (χ1) is 19.1. The highest BCUT2D eigenvalue weighted by Gasteiger charge is 2.26. The molecule has 8 heteroatoms. The molecular formula is C31H30FN5O2. The van der Waals surface area contributed by atoms with E-state index in [0.717, 1.165) is 71.3 Å². The van der Waals surface area contributed by atoms with E-state index in [4.69, 9.17) is 14.5 Å². The van der Waals surface area contributed by atoms with Crippen molar-refractivity contribution in [2.24, 2.45) is 0 Å². The molecule has 1 aliphatic heterocycles. The molecule has 0 aliphatic carbocycles. The number of aryl methyl sites for hydroxylation is 1. The Hall–Kier alpha value is -4.33. The fourth-order valence-electron chi connectivity index (χ4n) is 5.20. The second-order valence-corrected chi connectivity index (χ2v) is 9.98. The SMILES string of the molecule is CCCCc1nc(N2CCCN(C(=O)c3ccc(F)cc3)CC2)c2c(-c3ccc4ccccc4c3)noc2n1. The van der Waals surface area contributed by atoms with Crippen LogP contribution in [0.15, 0.2) is 71.3 Å². The van der Waals surface area contributed by atoms with Gasteiger partial charge in [0.25, 0.3) is 11.6 Å². The molecule has 0 bridgehead atoms. The highest BCUT2D eigenvalue weighted by molar-refractivity contribution is 6.00. The summed E-state index contributed by atoms with van der Waals surface area (Å²) in [6, 6.07) is 20.2. The number of hydrogen-bond donors (Lipinski definition) is 0. The molecule has 1 fully saturated rings. The normalized spacial score (nSPS) is 14.2. The zero-order valence-corrected chi connectivity index (χ0v) is 21.9. The first-order valence-corrected chi connectivity index (χ1v) is 13.6. The molecule has 198 valence electrons. The summed E-state index contributed by atoms with van der Waals surface area (Å²) in [5.41, 5.74) is 2.64. The van der Waals surface area contributed by atoms with E-state index < -0.39 is 0 Å². The van der Waals surface area contributed by atoms with E-state index in [-0.39, 0.29) is 11.7 Å². The highest BCUT2D eigenvalue weighted by Crippen LogP contribution is 2.35. The third kappa shape index (κ3) is 5.06. The minimum atomic E-state index is -0.351. The quantitative estimate of drug-likeness (QED) is 0.261. The topological polar surface area (TPSA) is 75.4 Å². The molecule has 6 rings (SSSR count). The van der Waals surface area contributed by atoms with Crippen molar-refractivity contribution in [1.29, 1.82) is 0 Å². The van der Waals surface area contributed by atoms with Crippen LogP contribution in [0.5, 0.6) is 0 Å². The van der Waals surface area contributed by atoms with Crippen molar-refractivity contribution >= 4 is 33.6 Å². The lowest BCUT2D eigenvalue weighted by Gasteiger charge is -2.24. The lowest BCUT2D eigenvalue weighted by molar-refractivity contribution is 0.0767. The standard InChI is InChI=1S/C31H30FN5O2/c1-2-3-9-26-33-29(36-16-6-17-37(19-18-36)31(38)22-12-14-25(32)15-13-22)27-28(35-39-30(27)34-26)24-11-10-21-7-4-5-8-23(21)20-24/h4-5,7-8,10-15,20H,2-3,6,9,16-19H2,1H3. The lowest BCUT2D eigenvalue weighted by Crippen LogP contribution is -2.35. The van der Waals surface area contributed by atoms with Crippen LogP contribution in [0.3, 0.4) is 0 Å². The van der Waals surface area contributed by atoms with Crippen LogP contribution in [0.25, 0.3) is 33.1 Å². The number of carbonyl (C=O) groups is 1. The molecule has 0 N–H and O–H groups in total. The van der Waals surface area contributed by atoms with Crippen LogP contribution < -0.4 is 4.90 Å². The fourth-order valence-corrected chi connectivity index (χ4v) is 5.20. The maximum Gasteiger partial charge on any atom is 0.263 e. The molecule has 3 heterocycles. The monoisotopic (exact) mass is 523 g/mol. The Morgan fingerprint density at radius 1 is 0.949 bits per heavy atom. The van der Waals surface area contributed by atoms with Crippen molar-refractivity contribution in [3.05, 3.63) is 83.9 Å². The molecule has 5 aromatic rings. The number of rotatable bonds is 6. The van der Waals surface area contributed by atoms with Gasteiger partial charge in [-0.15, -0.1) is 0 Å². The van der Waals surface area contributed by atoms with Crippen LogP contribution in [0.2, 0.25) is 0 Å². The van der Waals surface area contributed by atoms with E-state index in [0.29, 0.717) is 30.9 Å². The van der Waals surface area contributed by atoms with Gasteiger partial charge in [-0.1, -0.05) is 54.9 Å². The van der Waals surface area contributed by atoms with Gasteiger partial charge in [0.05, 0.1) is 0 Å². The molecule has 0 radical (unpaired) electrons. The molecule has 7 nitrogen and oxygen atoms in total. The Balaban J connectivity index is 1.36. The third-order valence-corrected chi connectivity index (χ3v) is 7.31. The number of benzene rings is 3. The highest BCUT2D eigenvalue weighted by atomic mass is 19.1. The molecular weight excluding hydrogens is 493 g/mol. The molecule has 39 heavy (non-hydrogen) atoms. The lowest BCUT2D eigenvalue weighted by atomic mass is 10.0. The Kier molecular flexibility index (Phi) is 6.92. The van der Waals surface area contributed by atoms with Crippen molar-refractivity contribution < 1.29 is 13.7 Å². The second-order valence-electron chi connectivity index (χ2n) is 9.98. The molecule has 0 spiro atoms. The zero-order valence-electron chi connectivity index (χ0n) is 21.9. The number of nitrogens with zero attached hydrogens (tertiary/aromatic N) is 5. The predicted octanol–water partition coefficient (Wildman–Crippen LogP) is 6.27. The summed E-state index contributed by atoms with van der Waals surface area (Å²) in [6.45, 7) is 4.63. The molecule has 0 saturated carbocycles. The predicted molar refractivity (Wildman–Crippen MR) is 150 cm³/mol. The van der Waals surface area contributed by atoms with Crippen LogP contribution >= 0.6 is 0 Å². The molecule has 0 atom stereocenters. The number of aromatic nitrogens is 3. The summed E-state index contributed by atoms with van der Waals surface area (Å²) >= 11 is 0. The Labute approximate surface area is 226 Å². The van der Waals surface area contributed by atoms with E-state index in [1.165, 1.54) is 12.1 Å². The number of fused-ring (bicyclic) bond motifs is 2. The van der Waals surface area contributed by atoms with Crippen LogP contribution in [-0.4, -0.2) is 52.1 Å². The molecule has 0 unspecified atom stereocenters. The minimum absolute atomic E-state index is 0.0878. The number of amides is 1. The van der Waals surface area contributed by atoms with Gasteiger partial charge in [-0.3, -0.25) is 4.79 Å². The number of unbranched alkanes of at least 4 members (excludes halogenated alkanes) is 1. The summed E-state index contributed by atoms with van der Waals surface area (Å²) in [5.74, 6) is 1.10. The van der Waals surface area contributed by atoms with E-state index in [9.17, 15) is 9.18 Å². The first-order valence-electron chi connectivity index (χ1n) is 13.6. The Morgan fingerprint density at radius 2 is 1.77 bits per heavy atom. The maximum atomic E-state index is 13.4. The largest absolute Gasteiger partial charge is 0.354 e. The van der Waals surface area contributed by atoms with Gasteiger partial charge in [0, 0.05) is 43.7 Å². The number of carbonyl (C=O) groups excluding carboxylic acids is 1. The van der Waals surface area contributed by atoms with Crippen LogP contribution in [0, 0.1) is 5.82 Å². The van der Waals surface area contributed by atoms with Gasteiger partial charge in [-0.2, -0.15) is 4.98 Å². The summed E-state index contributed by atoms with van der Waals surface area (Å²) in [5, 5.41) is 7.54. The smallest absolute Gasteiger partial charge is 0.263 e. The van der Waals surface area contributed by atoms with Gasteiger partial charge in [-0.25, -0.2) is 9.37 Å². The van der Waals surface area contributed by atoms with Gasteiger partial charge in [0.2, 0.25) is 0 Å². The fraction of sp³-hybridized carbons (Fsp3) is 0.290. The minimum Gasteiger partial charge on any atom is -0.354 e. The van der Waals surface area contributed by atoms with Crippen molar-refractivity contribution in [2.75, 3.05) is 31.1 Å². The first kappa shape index (κ1) is 25.0. The number of halogens is 1. The Morgan fingerprint density at radius 3 is 2.59 bits per heavy atom. The molecule has 1 amide bonds.